The van der Waals surface area contributed by atoms with Crippen LogP contribution in [0.1, 0.15) is 18.5 Å². The van der Waals surface area contributed by atoms with Crippen LogP contribution in [0.3, 0.4) is 0 Å². The lowest BCUT2D eigenvalue weighted by molar-refractivity contribution is -0.136. The van der Waals surface area contributed by atoms with Gasteiger partial charge in [-0.05, 0) is 36.8 Å². The molecule has 1 aromatic carbocycles. The van der Waals surface area contributed by atoms with E-state index in [1.54, 1.807) is 4.90 Å². The number of hydrogen-bond acceptors (Lipinski definition) is 3. The van der Waals surface area contributed by atoms with Gasteiger partial charge < -0.3 is 15.0 Å². The highest BCUT2D eigenvalue weighted by Crippen LogP contribution is 2.31. The molecule has 4 nitrogen and oxygen atoms in total. The number of halogens is 1. The van der Waals surface area contributed by atoms with Crippen LogP contribution >= 0.6 is 28.1 Å². The molecule has 1 heterocycles. The number of benzene rings is 1. The van der Waals surface area contributed by atoms with E-state index in [4.69, 9.17) is 17.0 Å². The van der Waals surface area contributed by atoms with Crippen molar-refractivity contribution in [1.82, 2.24) is 10.2 Å². The third-order valence-electron chi connectivity index (χ3n) is 3.36. The molecule has 6 heteroatoms. The summed E-state index contributed by atoms with van der Waals surface area (Å²) < 4.78 is 5.89. The van der Waals surface area contributed by atoms with E-state index in [1.165, 1.54) is 7.11 Å². The summed E-state index contributed by atoms with van der Waals surface area (Å²) in [6.45, 7) is 1.87. The lowest BCUT2D eigenvalue weighted by Crippen LogP contribution is -2.46. The Labute approximate surface area is 131 Å². The highest BCUT2D eigenvalue weighted by molar-refractivity contribution is 9.10. The van der Waals surface area contributed by atoms with Gasteiger partial charge in [0, 0.05) is 17.2 Å². The molecule has 0 unspecified atom stereocenters. The minimum Gasteiger partial charge on any atom is -0.466 e. The van der Waals surface area contributed by atoms with Crippen LogP contribution in [0.4, 0.5) is 0 Å². The van der Waals surface area contributed by atoms with Gasteiger partial charge >= 0.3 is 5.97 Å². The van der Waals surface area contributed by atoms with E-state index in [2.05, 4.69) is 21.2 Å². The van der Waals surface area contributed by atoms with Crippen LogP contribution in [-0.2, 0) is 9.53 Å². The molecule has 2 rings (SSSR count). The average Bonchev–Trinajstić information content (AvgIpc) is 2.44. The van der Waals surface area contributed by atoms with Gasteiger partial charge in [-0.3, -0.25) is 0 Å². The SMILES string of the molecule is COC(=O)C1=C(C)N(C)C(=S)N[C@@H]1c1ccc(Br)cc1. The first-order chi connectivity index (χ1) is 9.45. The molecule has 106 valence electrons. The summed E-state index contributed by atoms with van der Waals surface area (Å²) in [6.07, 6.45) is 0. The van der Waals surface area contributed by atoms with E-state index in [-0.39, 0.29) is 12.0 Å². The van der Waals surface area contributed by atoms with E-state index in [1.807, 2.05) is 38.2 Å². The number of nitrogens with one attached hydrogen (secondary N) is 1. The number of carbonyl (C=O) groups excluding carboxylic acids is 1. The molecule has 0 radical (unpaired) electrons. The summed E-state index contributed by atoms with van der Waals surface area (Å²) in [6, 6.07) is 7.47. The van der Waals surface area contributed by atoms with Crippen molar-refractivity contribution in [2.24, 2.45) is 0 Å². The Morgan fingerprint density at radius 2 is 2.00 bits per heavy atom. The van der Waals surface area contributed by atoms with Gasteiger partial charge in [-0.25, -0.2) is 4.79 Å². The standard InChI is InChI=1S/C14H15BrN2O2S/c1-8-11(13(18)19-3)12(16-14(20)17(8)2)9-4-6-10(15)7-5-9/h4-7,12H,1-3H3,(H,16,20)/t12-/m1/s1. The third-order valence-corrected chi connectivity index (χ3v) is 4.28. The maximum Gasteiger partial charge on any atom is 0.337 e. The fraction of sp³-hybridized carbons (Fsp3) is 0.286. The first-order valence-corrected chi connectivity index (χ1v) is 7.24. The molecule has 0 aliphatic carbocycles. The molecule has 0 bridgehead atoms. The maximum atomic E-state index is 12.1. The normalized spacial score (nSPS) is 18.9. The Balaban J connectivity index is 2.51. The smallest absolute Gasteiger partial charge is 0.337 e. The van der Waals surface area contributed by atoms with E-state index in [9.17, 15) is 4.79 Å². The summed E-state index contributed by atoms with van der Waals surface area (Å²) >= 11 is 8.71. The molecule has 1 aliphatic heterocycles. The second-order valence-corrected chi connectivity index (χ2v) is 5.79. The maximum absolute atomic E-state index is 12.1. The number of allylic oxidation sites excluding steroid dienone is 1. The van der Waals surface area contributed by atoms with Gasteiger partial charge in [-0.15, -0.1) is 0 Å². The highest BCUT2D eigenvalue weighted by Gasteiger charge is 2.32. The van der Waals surface area contributed by atoms with Gasteiger partial charge in [0.05, 0.1) is 18.7 Å². The van der Waals surface area contributed by atoms with Crippen LogP contribution in [0.25, 0.3) is 0 Å². The van der Waals surface area contributed by atoms with Crippen LogP contribution in [0.5, 0.6) is 0 Å². The van der Waals surface area contributed by atoms with Gasteiger partial charge in [0.15, 0.2) is 5.11 Å². The highest BCUT2D eigenvalue weighted by atomic mass is 79.9. The van der Waals surface area contributed by atoms with Crippen molar-refractivity contribution in [3.05, 3.63) is 45.6 Å². The molecule has 0 spiro atoms. The molecule has 0 saturated heterocycles. The van der Waals surface area contributed by atoms with Crippen molar-refractivity contribution in [2.75, 3.05) is 14.2 Å². The topological polar surface area (TPSA) is 41.6 Å². The van der Waals surface area contributed by atoms with Crippen molar-refractivity contribution in [1.29, 1.82) is 0 Å². The van der Waals surface area contributed by atoms with Crippen LogP contribution in [0.15, 0.2) is 40.0 Å². The van der Waals surface area contributed by atoms with Gasteiger partial charge in [0.1, 0.15) is 0 Å². The summed E-state index contributed by atoms with van der Waals surface area (Å²) in [5.41, 5.74) is 2.34. The molecule has 0 saturated carbocycles. The molecule has 1 N–H and O–H groups in total. The quantitative estimate of drug-likeness (QED) is 0.653. The van der Waals surface area contributed by atoms with E-state index >= 15 is 0 Å². The van der Waals surface area contributed by atoms with E-state index < -0.39 is 0 Å². The molecule has 0 amide bonds. The summed E-state index contributed by atoms with van der Waals surface area (Å²) in [7, 11) is 3.21. The number of thiocarbonyl (C=S) groups is 1. The largest absolute Gasteiger partial charge is 0.466 e. The average molecular weight is 355 g/mol. The summed E-state index contributed by atoms with van der Waals surface area (Å²) in [5.74, 6) is -0.350. The van der Waals surface area contributed by atoms with Crippen molar-refractivity contribution in [3.63, 3.8) is 0 Å². The number of hydrogen-bond donors (Lipinski definition) is 1. The van der Waals surface area contributed by atoms with Crippen LogP contribution in [-0.4, -0.2) is 30.1 Å². The van der Waals surface area contributed by atoms with Crippen LogP contribution in [0, 0.1) is 0 Å². The second-order valence-electron chi connectivity index (χ2n) is 4.48. The number of ether oxygens (including phenoxy) is 1. The van der Waals surface area contributed by atoms with Crippen molar-refractivity contribution in [3.8, 4) is 0 Å². The van der Waals surface area contributed by atoms with E-state index in [0.717, 1.165) is 15.7 Å². The van der Waals surface area contributed by atoms with E-state index in [0.29, 0.717) is 10.7 Å². The lowest BCUT2D eigenvalue weighted by atomic mass is 9.95. The lowest BCUT2D eigenvalue weighted by Gasteiger charge is -2.35. The first-order valence-electron chi connectivity index (χ1n) is 6.04. The zero-order chi connectivity index (χ0) is 14.9. The summed E-state index contributed by atoms with van der Waals surface area (Å²) in [5, 5.41) is 3.77. The molecule has 0 fully saturated rings. The Hall–Kier alpha value is -1.40. The van der Waals surface area contributed by atoms with Crippen LogP contribution < -0.4 is 5.32 Å². The Kier molecular flexibility index (Phi) is 4.45. The van der Waals surface area contributed by atoms with Crippen LogP contribution in [0.2, 0.25) is 0 Å². The Morgan fingerprint density at radius 3 is 2.55 bits per heavy atom. The molecular weight excluding hydrogens is 340 g/mol. The number of nitrogens with zero attached hydrogens (tertiary/aromatic N) is 1. The van der Waals surface area contributed by atoms with Crippen molar-refractivity contribution >= 4 is 39.2 Å². The fourth-order valence-corrected chi connectivity index (χ4v) is 2.63. The van der Waals surface area contributed by atoms with Gasteiger partial charge in [0.2, 0.25) is 0 Å². The first kappa shape index (κ1) is 15.0. The van der Waals surface area contributed by atoms with Gasteiger partial charge in [-0.2, -0.15) is 0 Å². The van der Waals surface area contributed by atoms with Gasteiger partial charge in [0.25, 0.3) is 0 Å². The predicted octanol–water partition coefficient (Wildman–Crippen LogP) is 2.76. The molecule has 1 atom stereocenters. The molecule has 1 aliphatic rings. The minimum atomic E-state index is -0.350. The molecule has 0 aromatic heterocycles. The second kappa shape index (κ2) is 5.93. The predicted molar refractivity (Wildman–Crippen MR) is 85.1 cm³/mol. The number of carbonyl (C=O) groups is 1. The fourth-order valence-electron chi connectivity index (χ4n) is 2.12. The zero-order valence-corrected chi connectivity index (χ0v) is 13.8. The Morgan fingerprint density at radius 1 is 1.40 bits per heavy atom. The monoisotopic (exact) mass is 354 g/mol. The number of methoxy groups -OCH3 is 1. The number of esters is 1. The minimum absolute atomic E-state index is 0.292. The molecular formula is C14H15BrN2O2S. The summed E-state index contributed by atoms with van der Waals surface area (Å²) in [4.78, 5) is 13.9. The molecule has 20 heavy (non-hydrogen) atoms. The van der Waals surface area contributed by atoms with Crippen molar-refractivity contribution in [2.45, 2.75) is 13.0 Å². The Bertz CT molecular complexity index is 583. The van der Waals surface area contributed by atoms with Crippen molar-refractivity contribution < 1.29 is 9.53 Å². The van der Waals surface area contributed by atoms with Gasteiger partial charge in [-0.1, -0.05) is 28.1 Å². The zero-order valence-electron chi connectivity index (χ0n) is 11.4. The number of rotatable bonds is 2. The molecule has 1 aromatic rings. The third kappa shape index (κ3) is 2.71.